The van der Waals surface area contributed by atoms with Gasteiger partial charge in [0.05, 0.1) is 12.7 Å². The third kappa shape index (κ3) is 3.96. The van der Waals surface area contributed by atoms with Crippen molar-refractivity contribution >= 4 is 28.2 Å². The Morgan fingerprint density at radius 3 is 2.52 bits per heavy atom. The van der Waals surface area contributed by atoms with Crippen molar-refractivity contribution < 1.29 is 14.3 Å². The molecule has 0 radical (unpaired) electrons. The molecule has 0 saturated carbocycles. The average molecular weight is 419 g/mol. The Kier molecular flexibility index (Phi) is 5.38. The number of methoxy groups -OCH3 is 1. The van der Waals surface area contributed by atoms with E-state index in [1.807, 2.05) is 25.5 Å². The first-order valence-electron chi connectivity index (χ1n) is 9.77. The van der Waals surface area contributed by atoms with Gasteiger partial charge in [0.15, 0.2) is 5.69 Å². The summed E-state index contributed by atoms with van der Waals surface area (Å²) in [5, 5.41) is 11.5. The van der Waals surface area contributed by atoms with Crippen molar-refractivity contribution in [1.29, 1.82) is 0 Å². The third-order valence-electron chi connectivity index (χ3n) is 5.11. The molecule has 0 unspecified atom stereocenters. The molecular formula is C21H30N4O3S. The fourth-order valence-electron chi connectivity index (χ4n) is 4.22. The quantitative estimate of drug-likeness (QED) is 0.732. The molecule has 0 atom stereocenters. The first-order chi connectivity index (χ1) is 13.4. The van der Waals surface area contributed by atoms with Crippen LogP contribution in [0.1, 0.15) is 84.6 Å². The summed E-state index contributed by atoms with van der Waals surface area (Å²) in [5.41, 5.74) is 2.11. The van der Waals surface area contributed by atoms with Gasteiger partial charge in [0.25, 0.3) is 5.91 Å². The van der Waals surface area contributed by atoms with Crippen molar-refractivity contribution in [1.82, 2.24) is 15.1 Å². The number of nitrogens with one attached hydrogen (secondary N) is 2. The molecule has 2 N–H and O–H groups in total. The number of nitrogens with zero attached hydrogens (tertiary/aromatic N) is 2. The van der Waals surface area contributed by atoms with Gasteiger partial charge in [-0.05, 0) is 66.5 Å². The molecule has 8 heteroatoms. The minimum absolute atomic E-state index is 0.158. The SMILES string of the molecule is COC(=O)c1c(NC(=O)c2cc(C)n(C(C)C)n2)sc2c1CC(C)(C)NC2(C)C. The van der Waals surface area contributed by atoms with Gasteiger partial charge in [-0.1, -0.05) is 0 Å². The fraction of sp³-hybridized carbons (Fsp3) is 0.571. The molecule has 0 aromatic carbocycles. The van der Waals surface area contributed by atoms with Gasteiger partial charge < -0.3 is 15.4 Å². The van der Waals surface area contributed by atoms with Crippen LogP contribution in [0.5, 0.6) is 0 Å². The second-order valence-electron chi connectivity index (χ2n) is 9.08. The maximum atomic E-state index is 12.9. The number of hydrogen-bond acceptors (Lipinski definition) is 6. The van der Waals surface area contributed by atoms with Gasteiger partial charge in [-0.15, -0.1) is 11.3 Å². The normalized spacial score (nSPS) is 17.1. The van der Waals surface area contributed by atoms with Crippen molar-refractivity contribution in [2.24, 2.45) is 0 Å². The van der Waals surface area contributed by atoms with Gasteiger partial charge in [-0.3, -0.25) is 9.48 Å². The Morgan fingerprint density at radius 2 is 1.97 bits per heavy atom. The zero-order valence-electron chi connectivity index (χ0n) is 18.4. The smallest absolute Gasteiger partial charge is 0.341 e. The number of aromatic nitrogens is 2. The molecule has 0 saturated heterocycles. The largest absolute Gasteiger partial charge is 0.465 e. The summed E-state index contributed by atoms with van der Waals surface area (Å²) in [4.78, 5) is 26.6. The molecule has 0 fully saturated rings. The van der Waals surface area contributed by atoms with Crippen molar-refractivity contribution in [2.75, 3.05) is 12.4 Å². The average Bonchev–Trinajstić information content (AvgIpc) is 3.14. The number of fused-ring (bicyclic) bond motifs is 1. The molecule has 0 aliphatic carbocycles. The maximum absolute atomic E-state index is 12.9. The minimum Gasteiger partial charge on any atom is -0.465 e. The summed E-state index contributed by atoms with van der Waals surface area (Å²) in [6, 6.07) is 1.92. The van der Waals surface area contributed by atoms with Crippen LogP contribution in [0.25, 0.3) is 0 Å². The molecule has 1 amide bonds. The number of anilines is 1. The Morgan fingerprint density at radius 1 is 1.31 bits per heavy atom. The van der Waals surface area contributed by atoms with E-state index in [4.69, 9.17) is 4.74 Å². The van der Waals surface area contributed by atoms with Crippen LogP contribution in [-0.2, 0) is 16.7 Å². The second kappa shape index (κ2) is 7.25. The van der Waals surface area contributed by atoms with Gasteiger partial charge in [0.2, 0.25) is 0 Å². The molecule has 3 rings (SSSR count). The molecule has 0 spiro atoms. The number of esters is 1. The standard InChI is InChI=1S/C21H30N4O3S/c1-11(2)25-12(3)9-14(23-25)17(26)22-18-15(19(27)28-8)13-10-20(4,5)24-21(6,7)16(13)29-18/h9,11,24H,10H2,1-8H3,(H,22,26). The van der Waals surface area contributed by atoms with Gasteiger partial charge in [-0.2, -0.15) is 5.10 Å². The molecule has 2 aromatic heterocycles. The van der Waals surface area contributed by atoms with E-state index in [-0.39, 0.29) is 23.0 Å². The number of aryl methyl sites for hydroxylation is 1. The molecule has 7 nitrogen and oxygen atoms in total. The summed E-state index contributed by atoms with van der Waals surface area (Å²) >= 11 is 1.42. The predicted molar refractivity (Wildman–Crippen MR) is 115 cm³/mol. The van der Waals surface area contributed by atoms with Crippen LogP contribution in [-0.4, -0.2) is 34.3 Å². The number of carbonyl (C=O) groups excluding carboxylic acids is 2. The highest BCUT2D eigenvalue weighted by molar-refractivity contribution is 7.17. The van der Waals surface area contributed by atoms with Crippen molar-refractivity contribution in [3.05, 3.63) is 33.5 Å². The molecule has 2 aromatic rings. The van der Waals surface area contributed by atoms with Crippen LogP contribution in [0, 0.1) is 6.92 Å². The zero-order valence-corrected chi connectivity index (χ0v) is 19.2. The van der Waals surface area contributed by atoms with E-state index >= 15 is 0 Å². The van der Waals surface area contributed by atoms with E-state index in [2.05, 4.69) is 43.4 Å². The maximum Gasteiger partial charge on any atom is 0.341 e. The lowest BCUT2D eigenvalue weighted by Gasteiger charge is -2.42. The first kappa shape index (κ1) is 21.5. The van der Waals surface area contributed by atoms with E-state index in [9.17, 15) is 9.59 Å². The Hall–Kier alpha value is -2.19. The fourth-order valence-corrected chi connectivity index (χ4v) is 5.48. The number of thiophene rings is 1. The highest BCUT2D eigenvalue weighted by Crippen LogP contribution is 2.45. The number of rotatable bonds is 4. The summed E-state index contributed by atoms with van der Waals surface area (Å²) in [7, 11) is 1.36. The van der Waals surface area contributed by atoms with Crippen LogP contribution in [0.4, 0.5) is 5.00 Å². The lowest BCUT2D eigenvalue weighted by Crippen LogP contribution is -2.55. The van der Waals surface area contributed by atoms with Crippen LogP contribution in [0.3, 0.4) is 0 Å². The van der Waals surface area contributed by atoms with Crippen LogP contribution in [0.2, 0.25) is 0 Å². The van der Waals surface area contributed by atoms with Crippen molar-refractivity contribution in [3.8, 4) is 0 Å². The van der Waals surface area contributed by atoms with E-state index < -0.39 is 5.97 Å². The van der Waals surface area contributed by atoms with Crippen LogP contribution >= 0.6 is 11.3 Å². The van der Waals surface area contributed by atoms with Gasteiger partial charge in [0, 0.05) is 27.7 Å². The Balaban J connectivity index is 2.04. The highest BCUT2D eigenvalue weighted by atomic mass is 32.1. The number of ether oxygens (including phenoxy) is 1. The lowest BCUT2D eigenvalue weighted by molar-refractivity contribution is 0.0600. The van der Waals surface area contributed by atoms with E-state index in [1.54, 1.807) is 6.07 Å². The van der Waals surface area contributed by atoms with E-state index in [0.29, 0.717) is 22.7 Å². The molecule has 3 heterocycles. The summed E-state index contributed by atoms with van der Waals surface area (Å²) < 4.78 is 6.87. The molecule has 158 valence electrons. The van der Waals surface area contributed by atoms with Gasteiger partial charge >= 0.3 is 5.97 Å². The van der Waals surface area contributed by atoms with Crippen molar-refractivity contribution in [2.45, 2.75) is 72.0 Å². The van der Waals surface area contributed by atoms with Gasteiger partial charge in [0.1, 0.15) is 5.00 Å². The summed E-state index contributed by atoms with van der Waals surface area (Å²) in [6.07, 6.45) is 0.670. The van der Waals surface area contributed by atoms with Crippen LogP contribution in [0.15, 0.2) is 6.07 Å². The summed E-state index contributed by atoms with van der Waals surface area (Å²) in [5.74, 6) is -0.767. The topological polar surface area (TPSA) is 85.2 Å². The molecule has 29 heavy (non-hydrogen) atoms. The lowest BCUT2D eigenvalue weighted by atomic mass is 9.81. The highest BCUT2D eigenvalue weighted by Gasteiger charge is 2.42. The summed E-state index contributed by atoms with van der Waals surface area (Å²) in [6.45, 7) is 14.3. The van der Waals surface area contributed by atoms with Crippen molar-refractivity contribution in [3.63, 3.8) is 0 Å². The Labute approximate surface area is 175 Å². The van der Waals surface area contributed by atoms with Crippen LogP contribution < -0.4 is 10.6 Å². The molecule has 1 aliphatic heterocycles. The minimum atomic E-state index is -0.435. The van der Waals surface area contributed by atoms with E-state index in [1.165, 1.54) is 18.4 Å². The number of carbonyl (C=O) groups is 2. The first-order valence-corrected chi connectivity index (χ1v) is 10.6. The monoisotopic (exact) mass is 418 g/mol. The second-order valence-corrected chi connectivity index (χ2v) is 10.1. The molecular weight excluding hydrogens is 388 g/mol. The molecule has 0 bridgehead atoms. The van der Waals surface area contributed by atoms with Gasteiger partial charge in [-0.25, -0.2) is 4.79 Å². The third-order valence-corrected chi connectivity index (χ3v) is 6.58. The number of hydrogen-bond donors (Lipinski definition) is 2. The predicted octanol–water partition coefficient (Wildman–Crippen LogP) is 4.03. The zero-order chi connectivity index (χ0) is 21.7. The number of amides is 1. The Bertz CT molecular complexity index is 969. The molecule has 1 aliphatic rings. The van der Waals surface area contributed by atoms with E-state index in [0.717, 1.165) is 16.1 Å².